The van der Waals surface area contributed by atoms with E-state index in [0.29, 0.717) is 5.70 Å². The van der Waals surface area contributed by atoms with Gasteiger partial charge in [-0.15, -0.1) is 0 Å². The molecule has 0 heterocycles. The van der Waals surface area contributed by atoms with E-state index < -0.39 is 5.97 Å². The van der Waals surface area contributed by atoms with Crippen LogP contribution in [0.4, 0.5) is 4.39 Å². The number of aliphatic imine (C=N–C) groups is 2. The predicted octanol–water partition coefficient (Wildman–Crippen LogP) is 3.52. The molecule has 0 unspecified atom stereocenters. The van der Waals surface area contributed by atoms with Gasteiger partial charge in [-0.2, -0.15) is 4.39 Å². The molecular weight excluding hydrogens is 179 g/mol. The van der Waals surface area contributed by atoms with Crippen LogP contribution in [0.3, 0.4) is 0 Å². The first-order valence-corrected chi connectivity index (χ1v) is 4.55. The summed E-state index contributed by atoms with van der Waals surface area (Å²) in [5.74, 6) is -0.233. The first-order valence-electron chi connectivity index (χ1n) is 4.55. The Labute approximate surface area is 85.0 Å². The first kappa shape index (κ1) is 12.8. The molecule has 0 atom stereocenters. The van der Waals surface area contributed by atoms with Crippen LogP contribution in [-0.2, 0) is 0 Å². The predicted molar refractivity (Wildman–Crippen MR) is 60.4 cm³/mol. The maximum absolute atomic E-state index is 12.5. The van der Waals surface area contributed by atoms with Crippen molar-refractivity contribution >= 4 is 12.2 Å². The van der Waals surface area contributed by atoms with Crippen LogP contribution in [0, 0.1) is 5.92 Å². The Morgan fingerprint density at radius 1 is 1.36 bits per heavy atom. The molecular formula is C11H17FN2. The molecule has 0 N–H and O–H groups in total. The van der Waals surface area contributed by atoms with Gasteiger partial charge in [-0.1, -0.05) is 26.5 Å². The van der Waals surface area contributed by atoms with Gasteiger partial charge in [-0.25, -0.2) is 4.99 Å². The molecule has 0 aliphatic carbocycles. The molecule has 3 heteroatoms. The molecule has 0 saturated carbocycles. The fourth-order valence-corrected chi connectivity index (χ4v) is 1.08. The second-order valence-corrected chi connectivity index (χ2v) is 3.25. The number of nitrogens with zero attached hydrogens (tertiary/aromatic N) is 2. The summed E-state index contributed by atoms with van der Waals surface area (Å²) in [6.45, 7) is 10.6. The summed E-state index contributed by atoms with van der Waals surface area (Å²) in [6, 6.07) is 0. The topological polar surface area (TPSA) is 24.7 Å². The summed E-state index contributed by atoms with van der Waals surface area (Å²) >= 11 is 0. The number of rotatable bonds is 4. The van der Waals surface area contributed by atoms with Crippen LogP contribution in [0.5, 0.6) is 0 Å². The minimum Gasteiger partial charge on any atom is -0.259 e. The lowest BCUT2D eigenvalue weighted by Gasteiger charge is -2.07. The van der Waals surface area contributed by atoms with Crippen molar-refractivity contribution in [3.8, 4) is 0 Å². The second-order valence-electron chi connectivity index (χ2n) is 3.25. The molecule has 0 amide bonds. The fraction of sp³-hybridized carbons (Fsp3) is 0.455. The van der Waals surface area contributed by atoms with E-state index in [1.165, 1.54) is 6.92 Å². The first-order chi connectivity index (χ1) is 6.49. The van der Waals surface area contributed by atoms with Crippen molar-refractivity contribution in [3.05, 3.63) is 24.0 Å². The zero-order valence-electron chi connectivity index (χ0n) is 9.21. The molecule has 0 spiro atoms. The lowest BCUT2D eigenvalue weighted by atomic mass is 10.1. The van der Waals surface area contributed by atoms with Crippen molar-refractivity contribution in [2.45, 2.75) is 27.7 Å². The molecule has 0 aliphatic rings. The third-order valence-electron chi connectivity index (χ3n) is 1.56. The van der Waals surface area contributed by atoms with E-state index in [0.717, 1.165) is 5.70 Å². The van der Waals surface area contributed by atoms with Crippen molar-refractivity contribution in [3.63, 3.8) is 0 Å². The van der Waals surface area contributed by atoms with E-state index in [2.05, 4.69) is 16.6 Å². The smallest absolute Gasteiger partial charge is 0.186 e. The normalized spacial score (nSPS) is 14.9. The largest absolute Gasteiger partial charge is 0.259 e. The molecule has 0 aromatic carbocycles. The van der Waals surface area contributed by atoms with Gasteiger partial charge >= 0.3 is 0 Å². The summed E-state index contributed by atoms with van der Waals surface area (Å²) < 4.78 is 12.5. The molecule has 0 rings (SSSR count). The van der Waals surface area contributed by atoms with Gasteiger partial charge < -0.3 is 0 Å². The Morgan fingerprint density at radius 3 is 2.29 bits per heavy atom. The Balaban J connectivity index is 5.05. The van der Waals surface area contributed by atoms with Crippen molar-refractivity contribution in [1.29, 1.82) is 0 Å². The lowest BCUT2D eigenvalue weighted by Crippen LogP contribution is -1.95. The van der Waals surface area contributed by atoms with Gasteiger partial charge in [0, 0.05) is 13.1 Å². The van der Waals surface area contributed by atoms with Gasteiger partial charge in [0.05, 0.1) is 11.4 Å². The van der Waals surface area contributed by atoms with Gasteiger partial charge in [0.25, 0.3) is 0 Å². The molecule has 0 aromatic rings. The van der Waals surface area contributed by atoms with Crippen LogP contribution in [-0.4, -0.2) is 12.2 Å². The summed E-state index contributed by atoms with van der Waals surface area (Å²) in [6.07, 6.45) is 3.17. The lowest BCUT2D eigenvalue weighted by molar-refractivity contribution is 0.738. The van der Waals surface area contributed by atoms with Crippen LogP contribution in [0.15, 0.2) is 34.0 Å². The van der Waals surface area contributed by atoms with Gasteiger partial charge in [-0.05, 0) is 12.8 Å². The third-order valence-corrected chi connectivity index (χ3v) is 1.56. The van der Waals surface area contributed by atoms with E-state index in [-0.39, 0.29) is 5.92 Å². The summed E-state index contributed by atoms with van der Waals surface area (Å²) in [4.78, 5) is 7.89. The molecule has 2 nitrogen and oxygen atoms in total. The number of hydrogen-bond acceptors (Lipinski definition) is 2. The molecule has 14 heavy (non-hydrogen) atoms. The van der Waals surface area contributed by atoms with E-state index in [4.69, 9.17) is 0 Å². The summed E-state index contributed by atoms with van der Waals surface area (Å²) in [7, 11) is 0. The van der Waals surface area contributed by atoms with E-state index in [1.807, 2.05) is 13.8 Å². The highest BCUT2D eigenvalue weighted by molar-refractivity contribution is 5.73. The second kappa shape index (κ2) is 6.24. The molecule has 0 saturated heterocycles. The van der Waals surface area contributed by atoms with E-state index >= 15 is 0 Å². The highest BCUT2D eigenvalue weighted by Gasteiger charge is 2.05. The third kappa shape index (κ3) is 4.70. The zero-order valence-corrected chi connectivity index (χ0v) is 9.21. The quantitative estimate of drug-likeness (QED) is 0.615. The zero-order chi connectivity index (χ0) is 11.1. The molecule has 78 valence electrons. The van der Waals surface area contributed by atoms with Gasteiger partial charge in [0.1, 0.15) is 0 Å². The molecule has 0 aromatic heterocycles. The molecule has 0 bridgehead atoms. The minimum absolute atomic E-state index is 0.217. The van der Waals surface area contributed by atoms with Crippen molar-refractivity contribution < 1.29 is 4.39 Å². The molecule has 0 radical (unpaired) electrons. The highest BCUT2D eigenvalue weighted by atomic mass is 19.1. The SMILES string of the molecule is C=C\C=N/C(=C(C)/N=C(\C)F)C(C)C. The maximum atomic E-state index is 12.5. The Morgan fingerprint density at radius 2 is 1.93 bits per heavy atom. The van der Waals surface area contributed by atoms with Crippen LogP contribution >= 0.6 is 0 Å². The van der Waals surface area contributed by atoms with Gasteiger partial charge in [-0.3, -0.25) is 4.99 Å². The minimum atomic E-state index is -0.450. The summed E-state index contributed by atoms with van der Waals surface area (Å²) in [5.41, 5.74) is 1.39. The van der Waals surface area contributed by atoms with Crippen molar-refractivity contribution in [1.82, 2.24) is 0 Å². The summed E-state index contributed by atoms with van der Waals surface area (Å²) in [5, 5.41) is 0. The van der Waals surface area contributed by atoms with Crippen LogP contribution in [0.2, 0.25) is 0 Å². The number of allylic oxidation sites excluding steroid dienone is 3. The van der Waals surface area contributed by atoms with Crippen LogP contribution in [0.1, 0.15) is 27.7 Å². The number of halogens is 1. The molecule has 0 aliphatic heterocycles. The van der Waals surface area contributed by atoms with Gasteiger partial charge in [0.2, 0.25) is 0 Å². The number of hydrogen-bond donors (Lipinski definition) is 0. The van der Waals surface area contributed by atoms with Crippen molar-refractivity contribution in [2.75, 3.05) is 0 Å². The Kier molecular flexibility index (Phi) is 5.68. The van der Waals surface area contributed by atoms with Crippen LogP contribution in [0.25, 0.3) is 0 Å². The molecule has 0 fully saturated rings. The van der Waals surface area contributed by atoms with Gasteiger partial charge in [0.15, 0.2) is 5.97 Å². The van der Waals surface area contributed by atoms with Crippen LogP contribution < -0.4 is 0 Å². The standard InChI is InChI=1S/C11H17FN2/c1-6-7-13-11(8(2)3)9(4)14-10(5)12/h6-8H,1H2,2-5H3/b11-9+,13-7-,14-10+. The average Bonchev–Trinajstić information content (AvgIpc) is 2.02. The van der Waals surface area contributed by atoms with E-state index in [1.54, 1.807) is 19.2 Å². The highest BCUT2D eigenvalue weighted by Crippen LogP contribution is 2.17. The average molecular weight is 196 g/mol. The Hall–Kier alpha value is -1.25. The fourth-order valence-electron chi connectivity index (χ4n) is 1.08. The Bertz CT molecular complexity index is 282. The van der Waals surface area contributed by atoms with Crippen molar-refractivity contribution in [2.24, 2.45) is 15.9 Å². The van der Waals surface area contributed by atoms with E-state index in [9.17, 15) is 4.39 Å². The maximum Gasteiger partial charge on any atom is 0.186 e. The monoisotopic (exact) mass is 196 g/mol.